The molecule has 0 aromatic heterocycles. The van der Waals surface area contributed by atoms with Crippen LogP contribution in [-0.2, 0) is 0 Å². The van der Waals surface area contributed by atoms with E-state index >= 15 is 0 Å². The lowest BCUT2D eigenvalue weighted by atomic mass is 9.95. The van der Waals surface area contributed by atoms with Crippen molar-refractivity contribution >= 4 is 12.1 Å². The number of aliphatic imine (C=N–C) groups is 2. The van der Waals surface area contributed by atoms with Gasteiger partial charge < -0.3 is 0 Å². The number of hydrogen-bond donors (Lipinski definition) is 0. The molecule has 2 nitrogen and oxygen atoms in total. The summed E-state index contributed by atoms with van der Waals surface area (Å²) in [5, 5.41) is 0. The lowest BCUT2D eigenvalue weighted by molar-refractivity contribution is 0.584. The number of amidine groups is 1. The Hall–Kier alpha value is -0.660. The van der Waals surface area contributed by atoms with Crippen LogP contribution in [0.25, 0.3) is 0 Å². The van der Waals surface area contributed by atoms with Crippen LogP contribution in [0.1, 0.15) is 55.4 Å². The summed E-state index contributed by atoms with van der Waals surface area (Å²) in [6.45, 7) is 16.2. The standard InChI is InChI=1S/C8H16N2.2C2H6/c1-6-10-7(9-5)8(2,3)4;2*1-2/h6H,1-5H3;2*1-2H3. The van der Waals surface area contributed by atoms with Crippen molar-refractivity contribution in [2.75, 3.05) is 7.05 Å². The van der Waals surface area contributed by atoms with Gasteiger partial charge in [-0.1, -0.05) is 48.5 Å². The highest BCUT2D eigenvalue weighted by Gasteiger charge is 2.16. The molecule has 0 fully saturated rings. The van der Waals surface area contributed by atoms with Crippen molar-refractivity contribution in [3.05, 3.63) is 0 Å². The van der Waals surface area contributed by atoms with E-state index < -0.39 is 0 Å². The molecule has 0 aromatic rings. The second-order valence-corrected chi connectivity index (χ2v) is 3.18. The fraction of sp³-hybridized carbons (Fsp3) is 0.833. The summed E-state index contributed by atoms with van der Waals surface area (Å²) in [6.07, 6.45) is 1.77. The van der Waals surface area contributed by atoms with Crippen LogP contribution in [0, 0.1) is 5.41 Å². The molecule has 14 heavy (non-hydrogen) atoms. The van der Waals surface area contributed by atoms with Gasteiger partial charge in [0, 0.05) is 18.7 Å². The minimum Gasteiger partial charge on any atom is -0.273 e. The molecule has 0 amide bonds. The highest BCUT2D eigenvalue weighted by Crippen LogP contribution is 2.16. The van der Waals surface area contributed by atoms with Crippen molar-refractivity contribution < 1.29 is 0 Å². The van der Waals surface area contributed by atoms with Crippen LogP contribution in [0.15, 0.2) is 9.98 Å². The highest BCUT2D eigenvalue weighted by atomic mass is 14.9. The summed E-state index contributed by atoms with van der Waals surface area (Å²) in [5.41, 5.74) is 0.0707. The summed E-state index contributed by atoms with van der Waals surface area (Å²) in [4.78, 5) is 8.21. The first-order valence-electron chi connectivity index (χ1n) is 5.48. The maximum absolute atomic E-state index is 4.14. The molecule has 0 rings (SSSR count). The Morgan fingerprint density at radius 1 is 1.00 bits per heavy atom. The Kier molecular flexibility index (Phi) is 16.7. The number of rotatable bonds is 0. The molecule has 0 atom stereocenters. The van der Waals surface area contributed by atoms with E-state index in [1.54, 1.807) is 13.3 Å². The Bertz CT molecular complexity index is 150. The van der Waals surface area contributed by atoms with Crippen molar-refractivity contribution in [1.82, 2.24) is 0 Å². The van der Waals surface area contributed by atoms with Gasteiger partial charge in [0.25, 0.3) is 0 Å². The van der Waals surface area contributed by atoms with Gasteiger partial charge in [0.2, 0.25) is 0 Å². The average Bonchev–Trinajstić information content (AvgIpc) is 2.18. The van der Waals surface area contributed by atoms with Gasteiger partial charge in [0.15, 0.2) is 0 Å². The second kappa shape index (κ2) is 12.3. The molecule has 0 unspecified atom stereocenters. The zero-order chi connectivity index (χ0) is 12.2. The van der Waals surface area contributed by atoms with Crippen molar-refractivity contribution in [3.8, 4) is 0 Å². The summed E-state index contributed by atoms with van der Waals surface area (Å²) >= 11 is 0. The van der Waals surface area contributed by atoms with E-state index in [1.165, 1.54) is 0 Å². The first-order chi connectivity index (χ1) is 6.52. The maximum Gasteiger partial charge on any atom is 0.127 e. The Labute approximate surface area is 90.6 Å². The highest BCUT2D eigenvalue weighted by molar-refractivity contribution is 5.92. The predicted molar refractivity (Wildman–Crippen MR) is 69.7 cm³/mol. The summed E-state index contributed by atoms with van der Waals surface area (Å²) in [6, 6.07) is 0. The Morgan fingerprint density at radius 3 is 1.43 bits per heavy atom. The first kappa shape index (κ1) is 19.0. The van der Waals surface area contributed by atoms with Gasteiger partial charge in [0.05, 0.1) is 0 Å². The smallest absolute Gasteiger partial charge is 0.127 e. The molecule has 0 spiro atoms. The summed E-state index contributed by atoms with van der Waals surface area (Å²) in [7, 11) is 1.77. The van der Waals surface area contributed by atoms with Crippen LogP contribution in [0.2, 0.25) is 0 Å². The van der Waals surface area contributed by atoms with Gasteiger partial charge in [-0.05, 0) is 6.92 Å². The molecule has 0 heterocycles. The Morgan fingerprint density at radius 2 is 1.36 bits per heavy atom. The van der Waals surface area contributed by atoms with E-state index in [4.69, 9.17) is 0 Å². The molecule has 0 aliphatic carbocycles. The SMILES string of the molecule is CC.CC.CC=NC(=NC)C(C)(C)C. The molecule has 2 heteroatoms. The molecule has 86 valence electrons. The summed E-state index contributed by atoms with van der Waals surface area (Å²) in [5.74, 6) is 0.898. The van der Waals surface area contributed by atoms with E-state index in [9.17, 15) is 0 Å². The molecule has 0 bridgehead atoms. The minimum atomic E-state index is 0.0707. The topological polar surface area (TPSA) is 24.7 Å². The fourth-order valence-corrected chi connectivity index (χ4v) is 0.709. The van der Waals surface area contributed by atoms with Crippen molar-refractivity contribution in [1.29, 1.82) is 0 Å². The van der Waals surface area contributed by atoms with Crippen LogP contribution in [0.4, 0.5) is 0 Å². The van der Waals surface area contributed by atoms with E-state index in [-0.39, 0.29) is 5.41 Å². The van der Waals surface area contributed by atoms with Crippen molar-refractivity contribution in [3.63, 3.8) is 0 Å². The number of nitrogens with zero attached hydrogens (tertiary/aromatic N) is 2. The molecule has 0 aromatic carbocycles. The summed E-state index contributed by atoms with van der Waals surface area (Å²) < 4.78 is 0. The molecule has 0 saturated heterocycles. The van der Waals surface area contributed by atoms with Crippen LogP contribution in [0.3, 0.4) is 0 Å². The monoisotopic (exact) mass is 200 g/mol. The average molecular weight is 200 g/mol. The third-order valence-electron chi connectivity index (χ3n) is 1.13. The van der Waals surface area contributed by atoms with Crippen molar-refractivity contribution in [2.45, 2.75) is 55.4 Å². The van der Waals surface area contributed by atoms with Crippen LogP contribution < -0.4 is 0 Å². The fourth-order valence-electron chi connectivity index (χ4n) is 0.709. The molecular formula is C12H28N2. The first-order valence-corrected chi connectivity index (χ1v) is 5.48. The largest absolute Gasteiger partial charge is 0.273 e. The van der Waals surface area contributed by atoms with Gasteiger partial charge >= 0.3 is 0 Å². The normalized spacial score (nSPS) is 11.4. The van der Waals surface area contributed by atoms with Gasteiger partial charge in [-0.25, -0.2) is 4.99 Å². The van der Waals surface area contributed by atoms with E-state index in [2.05, 4.69) is 30.8 Å². The predicted octanol–water partition coefficient (Wildman–Crippen LogP) is 4.20. The second-order valence-electron chi connectivity index (χ2n) is 3.18. The van der Waals surface area contributed by atoms with Gasteiger partial charge in [0.1, 0.15) is 5.84 Å². The van der Waals surface area contributed by atoms with E-state index in [1.807, 2.05) is 34.6 Å². The van der Waals surface area contributed by atoms with Gasteiger partial charge in [-0.3, -0.25) is 4.99 Å². The van der Waals surface area contributed by atoms with Crippen molar-refractivity contribution in [2.24, 2.45) is 15.4 Å². The number of hydrogen-bond acceptors (Lipinski definition) is 1. The maximum atomic E-state index is 4.14. The quantitative estimate of drug-likeness (QED) is 0.413. The lowest BCUT2D eigenvalue weighted by Gasteiger charge is -2.16. The van der Waals surface area contributed by atoms with Crippen LogP contribution in [-0.4, -0.2) is 19.1 Å². The van der Waals surface area contributed by atoms with Crippen LogP contribution in [0.5, 0.6) is 0 Å². The zero-order valence-electron chi connectivity index (χ0n) is 11.5. The zero-order valence-corrected chi connectivity index (χ0v) is 11.5. The third-order valence-corrected chi connectivity index (χ3v) is 1.13. The molecule has 0 saturated carbocycles. The molecule has 0 aliphatic heterocycles. The van der Waals surface area contributed by atoms with Crippen LogP contribution >= 0.6 is 0 Å². The van der Waals surface area contributed by atoms with Gasteiger partial charge in [-0.15, -0.1) is 0 Å². The molecular weight excluding hydrogens is 172 g/mol. The molecule has 0 N–H and O–H groups in total. The minimum absolute atomic E-state index is 0.0707. The lowest BCUT2D eigenvalue weighted by Crippen LogP contribution is -2.17. The molecule has 0 radical (unpaired) electrons. The Balaban J connectivity index is -0.000000266. The van der Waals surface area contributed by atoms with E-state index in [0.29, 0.717) is 0 Å². The molecule has 0 aliphatic rings. The third kappa shape index (κ3) is 11.3. The van der Waals surface area contributed by atoms with Gasteiger partial charge in [-0.2, -0.15) is 0 Å². The van der Waals surface area contributed by atoms with E-state index in [0.717, 1.165) is 5.84 Å².